The van der Waals surface area contributed by atoms with Crippen LogP contribution in [0.25, 0.3) is 11.1 Å². The zero-order valence-electron chi connectivity index (χ0n) is 20.7. The largest absolute Gasteiger partial charge is 0.338 e. The number of aromatic nitrogens is 4. The smallest absolute Gasteiger partial charge is 0.270 e. The van der Waals surface area contributed by atoms with Gasteiger partial charge in [-0.05, 0) is 68.0 Å². The molecule has 0 aliphatic heterocycles. The van der Waals surface area contributed by atoms with Crippen molar-refractivity contribution < 1.29 is 9.59 Å². The second-order valence-electron chi connectivity index (χ2n) is 9.36. The Hall–Kier alpha value is -4.20. The third kappa shape index (κ3) is 4.54. The molecule has 0 fully saturated rings. The van der Waals surface area contributed by atoms with Gasteiger partial charge in [-0.15, -0.1) is 0 Å². The summed E-state index contributed by atoms with van der Waals surface area (Å²) >= 11 is 0. The number of nitrogens with one attached hydrogen (secondary N) is 3. The molecule has 3 N–H and O–H groups in total. The van der Waals surface area contributed by atoms with Gasteiger partial charge in [0, 0.05) is 36.1 Å². The fraction of sp³-hybridized carbons (Fsp3) is 0.286. The number of benzene rings is 2. The Kier molecular flexibility index (Phi) is 6.41. The first-order valence-electron chi connectivity index (χ1n) is 12.2. The van der Waals surface area contributed by atoms with E-state index in [1.807, 2.05) is 50.2 Å². The van der Waals surface area contributed by atoms with Gasteiger partial charge in [-0.2, -0.15) is 10.2 Å². The highest BCUT2D eigenvalue weighted by atomic mass is 16.2. The Bertz CT molecular complexity index is 1380. The summed E-state index contributed by atoms with van der Waals surface area (Å²) in [4.78, 5) is 26.8. The van der Waals surface area contributed by atoms with Crippen LogP contribution in [0.15, 0.2) is 60.8 Å². The molecule has 5 rings (SSSR count). The highest BCUT2D eigenvalue weighted by molar-refractivity contribution is 6.01. The lowest BCUT2D eigenvalue weighted by atomic mass is 9.78. The molecule has 0 radical (unpaired) electrons. The molecule has 2 aromatic carbocycles. The van der Waals surface area contributed by atoms with E-state index in [-0.39, 0.29) is 17.7 Å². The van der Waals surface area contributed by atoms with Gasteiger partial charge < -0.3 is 10.6 Å². The van der Waals surface area contributed by atoms with Crippen molar-refractivity contribution in [1.29, 1.82) is 0 Å². The van der Waals surface area contributed by atoms with Gasteiger partial charge in [-0.25, -0.2) is 0 Å². The number of hydrogen-bond donors (Lipinski definition) is 3. The van der Waals surface area contributed by atoms with Gasteiger partial charge in [0.05, 0.1) is 5.69 Å². The zero-order valence-corrected chi connectivity index (χ0v) is 20.7. The van der Waals surface area contributed by atoms with E-state index in [1.54, 1.807) is 19.3 Å². The molecule has 2 atom stereocenters. The molecule has 2 aromatic heterocycles. The number of hydrogen-bond acceptors (Lipinski definition) is 4. The normalized spacial score (nSPS) is 15.7. The van der Waals surface area contributed by atoms with Crippen LogP contribution in [0.2, 0.25) is 0 Å². The van der Waals surface area contributed by atoms with Crippen LogP contribution in [0.1, 0.15) is 51.8 Å². The first kappa shape index (κ1) is 23.5. The molecule has 0 saturated heterocycles. The van der Waals surface area contributed by atoms with Gasteiger partial charge >= 0.3 is 0 Å². The number of anilines is 1. The zero-order chi connectivity index (χ0) is 25.2. The van der Waals surface area contributed by atoms with Crippen molar-refractivity contribution >= 4 is 17.5 Å². The van der Waals surface area contributed by atoms with E-state index in [9.17, 15) is 9.59 Å². The van der Waals surface area contributed by atoms with E-state index in [2.05, 4.69) is 38.1 Å². The maximum atomic E-state index is 13.7. The minimum atomic E-state index is -0.730. The number of fused-ring (bicyclic) bond motifs is 1. The number of amides is 2. The molecule has 0 spiro atoms. The molecule has 184 valence electrons. The second-order valence-corrected chi connectivity index (χ2v) is 9.36. The van der Waals surface area contributed by atoms with Crippen LogP contribution >= 0.6 is 0 Å². The molecule has 36 heavy (non-hydrogen) atoms. The predicted molar refractivity (Wildman–Crippen MR) is 139 cm³/mol. The molecule has 8 heteroatoms. The monoisotopic (exact) mass is 482 g/mol. The number of carbonyl (C=O) groups is 2. The van der Waals surface area contributed by atoms with Crippen molar-refractivity contribution in [2.45, 2.75) is 45.1 Å². The van der Waals surface area contributed by atoms with Gasteiger partial charge in [0.2, 0.25) is 5.91 Å². The Balaban J connectivity index is 1.42. The van der Waals surface area contributed by atoms with Crippen LogP contribution in [0.4, 0.5) is 5.69 Å². The summed E-state index contributed by atoms with van der Waals surface area (Å²) in [5.41, 5.74) is 7.45. The SMILES string of the molecule is Cc1n[nH]c(C)c1-c1ccc(NC(=O)C(NC(=O)c2ccnn2C)[C@H]2CCCc3ccccc32)cc1. The molecular weight excluding hydrogens is 452 g/mol. The van der Waals surface area contributed by atoms with Gasteiger partial charge in [-0.1, -0.05) is 36.4 Å². The van der Waals surface area contributed by atoms with Crippen LogP contribution in [-0.4, -0.2) is 37.8 Å². The van der Waals surface area contributed by atoms with Crippen molar-refractivity contribution in [2.75, 3.05) is 5.32 Å². The van der Waals surface area contributed by atoms with Crippen molar-refractivity contribution in [3.63, 3.8) is 0 Å². The number of aryl methyl sites for hydroxylation is 4. The third-order valence-corrected chi connectivity index (χ3v) is 7.01. The van der Waals surface area contributed by atoms with E-state index >= 15 is 0 Å². The van der Waals surface area contributed by atoms with Crippen LogP contribution < -0.4 is 10.6 Å². The highest BCUT2D eigenvalue weighted by Gasteiger charge is 2.34. The Morgan fingerprint density at radius 1 is 1.08 bits per heavy atom. The fourth-order valence-electron chi connectivity index (χ4n) is 5.21. The topological polar surface area (TPSA) is 105 Å². The van der Waals surface area contributed by atoms with Gasteiger partial charge in [-0.3, -0.25) is 19.4 Å². The lowest BCUT2D eigenvalue weighted by molar-refractivity contribution is -0.118. The molecule has 0 saturated carbocycles. The molecule has 2 amide bonds. The van der Waals surface area contributed by atoms with E-state index in [0.29, 0.717) is 11.4 Å². The minimum Gasteiger partial charge on any atom is -0.338 e. The van der Waals surface area contributed by atoms with Crippen molar-refractivity contribution in [1.82, 2.24) is 25.3 Å². The summed E-state index contributed by atoms with van der Waals surface area (Å²) < 4.78 is 1.51. The molecular formula is C28H30N6O2. The summed E-state index contributed by atoms with van der Waals surface area (Å²) in [5.74, 6) is -0.683. The van der Waals surface area contributed by atoms with E-state index in [1.165, 1.54) is 10.2 Å². The van der Waals surface area contributed by atoms with Crippen molar-refractivity contribution in [2.24, 2.45) is 7.05 Å². The Morgan fingerprint density at radius 2 is 1.86 bits per heavy atom. The fourth-order valence-corrected chi connectivity index (χ4v) is 5.21. The van der Waals surface area contributed by atoms with Gasteiger partial charge in [0.15, 0.2) is 0 Å². The summed E-state index contributed by atoms with van der Waals surface area (Å²) in [5, 5.41) is 17.4. The molecule has 1 aliphatic rings. The standard InChI is InChI=1S/C28H30N6O2/c1-17-25(18(2)33-32-17)20-11-13-21(14-12-20)30-28(36)26(31-27(35)24-15-16-29-34(24)3)23-10-6-8-19-7-4-5-9-22(19)23/h4-5,7,9,11-16,23,26H,6,8,10H2,1-3H3,(H,30,36)(H,31,35)(H,32,33)/t23-,26?/m0/s1. The molecule has 1 unspecified atom stereocenters. The number of H-pyrrole nitrogens is 1. The number of rotatable bonds is 6. The van der Waals surface area contributed by atoms with Crippen LogP contribution in [0.3, 0.4) is 0 Å². The summed E-state index contributed by atoms with van der Waals surface area (Å²) in [7, 11) is 1.71. The van der Waals surface area contributed by atoms with Gasteiger partial charge in [0.25, 0.3) is 5.91 Å². The van der Waals surface area contributed by atoms with E-state index in [4.69, 9.17) is 0 Å². The summed E-state index contributed by atoms with van der Waals surface area (Å²) in [6.45, 7) is 3.95. The number of carbonyl (C=O) groups excluding carboxylic acids is 2. The molecule has 0 bridgehead atoms. The third-order valence-electron chi connectivity index (χ3n) is 7.01. The molecule has 8 nitrogen and oxygen atoms in total. The summed E-state index contributed by atoms with van der Waals surface area (Å²) in [6, 6.07) is 16.8. The number of nitrogens with zero attached hydrogens (tertiary/aromatic N) is 3. The lowest BCUT2D eigenvalue weighted by Gasteiger charge is -2.32. The summed E-state index contributed by atoms with van der Waals surface area (Å²) in [6.07, 6.45) is 4.33. The van der Waals surface area contributed by atoms with E-state index < -0.39 is 6.04 Å². The van der Waals surface area contributed by atoms with Crippen LogP contribution in [0, 0.1) is 13.8 Å². The maximum absolute atomic E-state index is 13.7. The Morgan fingerprint density at radius 3 is 2.56 bits per heavy atom. The molecule has 1 aliphatic carbocycles. The average Bonchev–Trinajstić information content (AvgIpc) is 3.47. The predicted octanol–water partition coefficient (Wildman–Crippen LogP) is 4.28. The average molecular weight is 483 g/mol. The van der Waals surface area contributed by atoms with Crippen LogP contribution in [0.5, 0.6) is 0 Å². The van der Waals surface area contributed by atoms with Crippen molar-refractivity contribution in [3.8, 4) is 11.1 Å². The Labute approximate surface area is 210 Å². The minimum absolute atomic E-state index is 0.123. The first-order valence-corrected chi connectivity index (χ1v) is 12.2. The van der Waals surface area contributed by atoms with Gasteiger partial charge in [0.1, 0.15) is 11.7 Å². The first-order chi connectivity index (χ1) is 17.4. The van der Waals surface area contributed by atoms with E-state index in [0.717, 1.165) is 47.3 Å². The quantitative estimate of drug-likeness (QED) is 0.381. The number of aromatic amines is 1. The van der Waals surface area contributed by atoms with Crippen molar-refractivity contribution in [3.05, 3.63) is 89.0 Å². The maximum Gasteiger partial charge on any atom is 0.270 e. The lowest BCUT2D eigenvalue weighted by Crippen LogP contribution is -2.48. The molecule has 4 aromatic rings. The second kappa shape index (κ2) is 9.81. The highest BCUT2D eigenvalue weighted by Crippen LogP contribution is 2.35. The van der Waals surface area contributed by atoms with Crippen LogP contribution in [-0.2, 0) is 18.3 Å². The molecule has 2 heterocycles.